The van der Waals surface area contributed by atoms with Gasteiger partial charge in [-0.3, -0.25) is 0 Å². The van der Waals surface area contributed by atoms with Crippen LogP contribution >= 0.6 is 0 Å². The predicted molar refractivity (Wildman–Crippen MR) is 37.7 cm³/mol. The van der Waals surface area contributed by atoms with Crippen molar-refractivity contribution in [2.75, 3.05) is 0 Å². The Kier molecular flexibility index (Phi) is 2100. The molecule has 0 aromatic rings. The zero-order valence-electron chi connectivity index (χ0n) is 35.3. The number of hydrogen-bond donors (Lipinski definition) is 0. The average Bonchev–Trinajstić information content (AvgIpc) is 1.63. The fraction of sp³-hybridized carbons (Fsp3) is 0.500. The Balaban J connectivity index is -0.000000000261. The van der Waals surface area contributed by atoms with Crippen molar-refractivity contribution in [1.82, 2.24) is 0 Å². The molecule has 0 N–H and O–H groups in total. The molecule has 0 aromatic heterocycles. The Labute approximate surface area is 1630 Å². The van der Waals surface area contributed by atoms with Crippen LogP contribution in [0.15, 0.2) is 5.57 Å². The second-order valence-corrected chi connectivity index (χ2v) is 2.31. The monoisotopic (exact) mass is 4570 g/mol. The molecule has 51 heteroatoms. The summed E-state index contributed by atoms with van der Waals surface area (Å²) in [5.41, 5.74) is 1.04. The molecule has 0 saturated carbocycles. The van der Waals surface area contributed by atoms with Gasteiger partial charge in [0.15, 0.2) is 0 Å². The topological polar surface area (TPSA) is 17.1 Å². The second kappa shape index (κ2) is 336. The minimum atomic E-state index is 0. The SMILES string of the molecule is CC(=O)[C-](C)[C-]=C(C)C.[Y].[Y].[Y].[Y].[Y].[Y].[Y].[Y].[Y].[Y].[Y].[Y].[Y].[Y].[Y].[Y].[Y].[Y].[Y].[Y].[Y].[Y].[Y].[Y].[Y].[Y].[Y].[Y].[Y].[Y].[Y].[Y].[Y].[Y].[Y].[Y].[Y].[Y].[Y].[Y].[Y].[Y].[Y].[Y].[Y].[Y].[Y].[Y].[Y].[Y]. The van der Waals surface area contributed by atoms with Crippen LogP contribution < -0.4 is 0 Å². The smallest absolute Gasteiger partial charge is 0 e. The van der Waals surface area contributed by atoms with E-state index in [2.05, 4.69) is 6.08 Å². The molecule has 0 bridgehead atoms. The van der Waals surface area contributed by atoms with Gasteiger partial charge in [0.05, 0.1) is 0 Å². The third-order valence-corrected chi connectivity index (χ3v) is 0.966. The average molecular weight is 4570 g/mol. The molecule has 0 aliphatic carbocycles. The molecule has 0 aliphatic heterocycles. The second-order valence-electron chi connectivity index (χ2n) is 2.31. The first-order valence-corrected chi connectivity index (χ1v) is 2.95. The van der Waals surface area contributed by atoms with Gasteiger partial charge in [-0.05, 0) is 0 Å². The molecule has 202 valence electrons. The molecule has 0 amide bonds. The van der Waals surface area contributed by atoms with Crippen molar-refractivity contribution in [3.63, 3.8) is 0 Å². The molecule has 59 heavy (non-hydrogen) atoms. The van der Waals surface area contributed by atoms with E-state index >= 15 is 0 Å². The summed E-state index contributed by atoms with van der Waals surface area (Å²) in [6, 6.07) is 0. The van der Waals surface area contributed by atoms with Crippen LogP contribution in [-0.2, 0) is 1640 Å². The van der Waals surface area contributed by atoms with Crippen LogP contribution in [0.1, 0.15) is 27.7 Å². The molecule has 0 saturated heterocycles. The summed E-state index contributed by atoms with van der Waals surface area (Å²) in [5.74, 6) is 0.797. The molecule has 0 aliphatic rings. The Morgan fingerprint density at radius 3 is 0.305 bits per heavy atom. The van der Waals surface area contributed by atoms with Crippen molar-refractivity contribution in [3.8, 4) is 0 Å². The van der Waals surface area contributed by atoms with Crippen molar-refractivity contribution in [2.45, 2.75) is 27.7 Å². The fourth-order valence-electron chi connectivity index (χ4n) is 0.463. The standard InChI is InChI=1S/C8H12O.50Y/c1-6(2)5-7(3)8(4)9;;;;;;;;;;;;;;;;;;;;;;;;;;;;;;;;;;;;;;;;;;;;;;;;;;/h1-4H3;;;;;;;;;;;;;;;;;;;;;;;;;;;;;;;;;;;;;;;;;;;;;;;;;;/q-2;;;;;;;;;;;;;;;;;;;;;;;;;;;;;;;;;;;;;;;;;;;;;;;;;;. The summed E-state index contributed by atoms with van der Waals surface area (Å²) >= 11 is 0. The molecule has 0 rings (SSSR count). The van der Waals surface area contributed by atoms with Crippen LogP contribution in [0.4, 0.5) is 0 Å². The molecule has 0 spiro atoms. The fourth-order valence-corrected chi connectivity index (χ4v) is 0.463. The minimum absolute atomic E-state index is 0. The van der Waals surface area contributed by atoms with Gasteiger partial charge < -0.3 is 22.4 Å². The summed E-state index contributed by atoms with van der Waals surface area (Å²) in [6.07, 6.45) is 2.93. The number of carbonyl (C=O) groups is 1. The van der Waals surface area contributed by atoms with Gasteiger partial charge in [0.2, 0.25) is 0 Å². The Morgan fingerprint density at radius 1 is 0.220 bits per heavy atom. The zero-order chi connectivity index (χ0) is 7.44. The molecule has 0 fully saturated rings. The molecular weight excluding hydrogens is 4560 g/mol. The number of carbonyl (C=O) groups excluding carboxylic acids is 1. The van der Waals surface area contributed by atoms with Crippen molar-refractivity contribution in [3.05, 3.63) is 17.6 Å². The van der Waals surface area contributed by atoms with E-state index in [0.717, 1.165) is 5.57 Å². The van der Waals surface area contributed by atoms with Crippen LogP contribution in [0.3, 0.4) is 0 Å². The van der Waals surface area contributed by atoms with E-state index in [-0.39, 0.29) is 1640 Å². The van der Waals surface area contributed by atoms with Gasteiger partial charge in [-0.15, -0.1) is 20.8 Å². The summed E-state index contributed by atoms with van der Waals surface area (Å²) in [5, 5.41) is 0. The summed E-state index contributed by atoms with van der Waals surface area (Å²) in [6.45, 7) is 7.17. The Hall–Kier alpha value is 54.5. The first-order chi connectivity index (χ1) is 4.04. The first-order valence-electron chi connectivity index (χ1n) is 2.95. The third kappa shape index (κ3) is 352. The number of rotatable bonds is 2. The molecule has 0 aromatic carbocycles. The van der Waals surface area contributed by atoms with Gasteiger partial charge in [0, 0.05) is 1640 Å². The maximum absolute atomic E-state index is 10.6. The number of hydrogen-bond acceptors (Lipinski definition) is 1. The Bertz CT molecular complexity index is 166. The van der Waals surface area contributed by atoms with Crippen molar-refractivity contribution >= 4 is 5.78 Å². The minimum Gasteiger partial charge on any atom is -0.447 e. The van der Waals surface area contributed by atoms with Gasteiger partial charge in [0.25, 0.3) is 0 Å². The van der Waals surface area contributed by atoms with Gasteiger partial charge in [-0.25, -0.2) is 0 Å². The number of ketones is 1. The van der Waals surface area contributed by atoms with E-state index in [1.165, 1.54) is 0 Å². The number of allylic oxidation sites excluding steroid dienone is 2. The van der Waals surface area contributed by atoms with Crippen molar-refractivity contribution in [1.29, 1.82) is 0 Å². The van der Waals surface area contributed by atoms with Crippen LogP contribution in [0.2, 0.25) is 0 Å². The van der Waals surface area contributed by atoms with Crippen LogP contribution in [0.25, 0.3) is 0 Å². The molecule has 0 heterocycles. The van der Waals surface area contributed by atoms with Crippen molar-refractivity contribution < 1.29 is 1640 Å². The van der Waals surface area contributed by atoms with E-state index in [1.54, 1.807) is 13.8 Å². The summed E-state index contributed by atoms with van der Waals surface area (Å²) < 4.78 is 0. The van der Waals surface area contributed by atoms with E-state index in [9.17, 15) is 4.79 Å². The number of Topliss-reactive ketones (excluding diaryl/α,β-unsaturated/α-hetero) is 1. The Morgan fingerprint density at radius 2 is 0.288 bits per heavy atom. The first kappa shape index (κ1) is 368. The van der Waals surface area contributed by atoms with Gasteiger partial charge in [0.1, 0.15) is 0 Å². The molecule has 0 atom stereocenters. The van der Waals surface area contributed by atoms with Gasteiger partial charge in [-0.2, -0.15) is 0 Å². The van der Waals surface area contributed by atoms with E-state index in [0.29, 0.717) is 5.92 Å². The van der Waals surface area contributed by atoms with E-state index < -0.39 is 0 Å². The van der Waals surface area contributed by atoms with Gasteiger partial charge >= 0.3 is 0 Å². The summed E-state index contributed by atoms with van der Waals surface area (Å²) in [7, 11) is 0. The van der Waals surface area contributed by atoms with Crippen LogP contribution in [0, 0.1) is 12.0 Å². The molecular formula is C8H12OY50-2. The predicted octanol–water partition coefficient (Wildman–Crippen LogP) is 1.81. The van der Waals surface area contributed by atoms with Gasteiger partial charge in [-0.1, -0.05) is 12.7 Å². The zero-order valence-corrected chi connectivity index (χ0v) is 177. The maximum Gasteiger partial charge on any atom is 0 e. The van der Waals surface area contributed by atoms with Crippen LogP contribution in [0.5, 0.6) is 0 Å². The van der Waals surface area contributed by atoms with Crippen LogP contribution in [-0.4, -0.2) is 5.78 Å². The normalized spacial score (nSPS) is 1.29. The molecule has 50 radical (unpaired) electrons. The largest absolute Gasteiger partial charge is 0.447 e. The van der Waals surface area contributed by atoms with E-state index in [1.807, 2.05) is 13.8 Å². The van der Waals surface area contributed by atoms with E-state index in [4.69, 9.17) is 0 Å². The molecule has 1 nitrogen and oxygen atoms in total. The third-order valence-electron chi connectivity index (χ3n) is 0.966. The quantitative estimate of drug-likeness (QED) is 0.387. The van der Waals surface area contributed by atoms with Crippen molar-refractivity contribution in [2.24, 2.45) is 0 Å². The summed E-state index contributed by atoms with van der Waals surface area (Å²) in [4.78, 5) is 10.6. The maximum atomic E-state index is 10.6. The molecule has 0 unspecified atom stereocenters.